The van der Waals surface area contributed by atoms with Crippen LogP contribution >= 0.6 is 0 Å². The minimum atomic E-state index is -0.499. The van der Waals surface area contributed by atoms with Crippen LogP contribution in [-0.4, -0.2) is 35.8 Å². The number of benzene rings is 1. The summed E-state index contributed by atoms with van der Waals surface area (Å²) in [5.41, 5.74) is 1.82. The molecule has 22 heavy (non-hydrogen) atoms. The molecule has 1 aromatic rings. The fourth-order valence-corrected chi connectivity index (χ4v) is 2.31. The summed E-state index contributed by atoms with van der Waals surface area (Å²) in [7, 11) is 0. The monoisotopic (exact) mass is 302 g/mol. The summed E-state index contributed by atoms with van der Waals surface area (Å²) in [5.74, 6) is 0.732. The van der Waals surface area contributed by atoms with Crippen LogP contribution in [0.25, 0.3) is 0 Å². The second-order valence-corrected chi connectivity index (χ2v) is 5.18. The Kier molecular flexibility index (Phi) is 5.58. The summed E-state index contributed by atoms with van der Waals surface area (Å²) in [6, 6.07) is 7.72. The van der Waals surface area contributed by atoms with E-state index in [0.29, 0.717) is 26.1 Å². The van der Waals surface area contributed by atoms with E-state index in [2.05, 4.69) is 11.7 Å². The maximum atomic E-state index is 12.5. The lowest BCUT2D eigenvalue weighted by Crippen LogP contribution is -2.38. The number of likely N-dealkylation sites (N-methyl/N-ethyl adjacent to an activating group) is 1. The number of hydrogen-bond acceptors (Lipinski definition) is 4. The lowest BCUT2D eigenvalue weighted by atomic mass is 10.1. The van der Waals surface area contributed by atoms with Gasteiger partial charge in [0.25, 0.3) is 5.91 Å². The van der Waals surface area contributed by atoms with Crippen molar-refractivity contribution in [2.45, 2.75) is 32.9 Å². The number of carbonyl (C=O) groups excluding carboxylic acids is 1. The lowest BCUT2D eigenvalue weighted by Gasteiger charge is -2.24. The van der Waals surface area contributed by atoms with E-state index in [1.807, 2.05) is 38.1 Å². The molecule has 1 amide bonds. The quantitative estimate of drug-likeness (QED) is 0.728. The Morgan fingerprint density at radius 3 is 2.95 bits per heavy atom. The summed E-state index contributed by atoms with van der Waals surface area (Å²) in [4.78, 5) is 19.5. The molecule has 0 spiro atoms. The highest BCUT2D eigenvalue weighted by atomic mass is 16.6. The summed E-state index contributed by atoms with van der Waals surface area (Å²) in [6.45, 7) is 9.00. The van der Waals surface area contributed by atoms with Crippen molar-refractivity contribution >= 4 is 11.6 Å². The molecule has 1 aliphatic heterocycles. The van der Waals surface area contributed by atoms with Gasteiger partial charge in [-0.3, -0.25) is 4.79 Å². The van der Waals surface area contributed by atoms with Crippen molar-refractivity contribution in [1.82, 2.24) is 4.90 Å². The Labute approximate surface area is 131 Å². The van der Waals surface area contributed by atoms with Crippen LogP contribution < -0.4 is 4.74 Å². The van der Waals surface area contributed by atoms with Crippen molar-refractivity contribution < 1.29 is 14.4 Å². The summed E-state index contributed by atoms with van der Waals surface area (Å²) >= 11 is 0. The van der Waals surface area contributed by atoms with Gasteiger partial charge in [-0.2, -0.15) is 0 Å². The first-order valence-corrected chi connectivity index (χ1v) is 7.45. The van der Waals surface area contributed by atoms with Crippen LogP contribution in [-0.2, 0) is 16.2 Å². The molecule has 0 N–H and O–H groups in total. The zero-order chi connectivity index (χ0) is 15.9. The van der Waals surface area contributed by atoms with Gasteiger partial charge in [-0.15, -0.1) is 0 Å². The molecule has 5 heteroatoms. The molecule has 0 fully saturated rings. The maximum Gasteiger partial charge on any atom is 0.267 e. The third-order valence-corrected chi connectivity index (χ3v) is 3.48. The second kappa shape index (κ2) is 7.64. The van der Waals surface area contributed by atoms with Crippen molar-refractivity contribution in [2.75, 3.05) is 13.2 Å². The molecule has 1 atom stereocenters. The molecular formula is C17H22N2O3. The van der Waals surface area contributed by atoms with Crippen LogP contribution in [0.1, 0.15) is 25.8 Å². The topological polar surface area (TPSA) is 51.1 Å². The largest absolute Gasteiger partial charge is 0.489 e. The van der Waals surface area contributed by atoms with Gasteiger partial charge in [0.1, 0.15) is 12.4 Å². The minimum Gasteiger partial charge on any atom is -0.489 e. The third-order valence-electron chi connectivity index (χ3n) is 3.48. The molecule has 1 aliphatic rings. The number of oxime groups is 1. The first kappa shape index (κ1) is 16.1. The van der Waals surface area contributed by atoms with E-state index in [4.69, 9.17) is 9.57 Å². The van der Waals surface area contributed by atoms with Crippen LogP contribution in [0.5, 0.6) is 5.75 Å². The molecule has 0 saturated heterocycles. The molecule has 1 aromatic carbocycles. The molecule has 1 heterocycles. The smallest absolute Gasteiger partial charge is 0.267 e. The highest BCUT2D eigenvalue weighted by Crippen LogP contribution is 2.21. The van der Waals surface area contributed by atoms with Crippen molar-refractivity contribution in [1.29, 1.82) is 0 Å². The Bertz CT molecular complexity index is 569. The average molecular weight is 302 g/mol. The predicted octanol–water partition coefficient (Wildman–Crippen LogP) is 2.76. The predicted molar refractivity (Wildman–Crippen MR) is 85.8 cm³/mol. The van der Waals surface area contributed by atoms with E-state index in [1.165, 1.54) is 0 Å². The molecule has 0 saturated carbocycles. The van der Waals surface area contributed by atoms with Crippen molar-refractivity contribution in [3.05, 3.63) is 42.5 Å². The maximum absolute atomic E-state index is 12.5. The number of ether oxygens (including phenoxy) is 1. The molecule has 0 radical (unpaired) electrons. The van der Waals surface area contributed by atoms with Gasteiger partial charge in [-0.1, -0.05) is 36.0 Å². The Hall–Kier alpha value is -2.30. The van der Waals surface area contributed by atoms with E-state index in [-0.39, 0.29) is 5.91 Å². The molecule has 5 nitrogen and oxygen atoms in total. The van der Waals surface area contributed by atoms with Gasteiger partial charge in [-0.05, 0) is 19.9 Å². The van der Waals surface area contributed by atoms with Crippen LogP contribution in [0.2, 0.25) is 0 Å². The van der Waals surface area contributed by atoms with Gasteiger partial charge in [-0.25, -0.2) is 0 Å². The molecule has 0 aliphatic carbocycles. The lowest BCUT2D eigenvalue weighted by molar-refractivity contribution is -0.142. The standard InChI is InChI=1S/C17H22N2O3/c1-4-10-21-15-9-7-6-8-14(15)12-19(5-2)17(20)16-11-13(3)18-22-16/h4,6-9,16H,1,5,10-12H2,2-3H3/t16-/m1/s1. The summed E-state index contributed by atoms with van der Waals surface area (Å²) in [5, 5.41) is 3.85. The van der Waals surface area contributed by atoms with Crippen LogP contribution in [0.15, 0.2) is 42.1 Å². The van der Waals surface area contributed by atoms with Crippen LogP contribution in [0.4, 0.5) is 0 Å². The van der Waals surface area contributed by atoms with E-state index in [1.54, 1.807) is 11.0 Å². The van der Waals surface area contributed by atoms with E-state index >= 15 is 0 Å². The highest BCUT2D eigenvalue weighted by Gasteiger charge is 2.30. The van der Waals surface area contributed by atoms with Crippen LogP contribution in [0.3, 0.4) is 0 Å². The number of rotatable bonds is 7. The van der Waals surface area contributed by atoms with Gasteiger partial charge >= 0.3 is 0 Å². The first-order chi connectivity index (χ1) is 10.7. The van der Waals surface area contributed by atoms with Gasteiger partial charge < -0.3 is 14.5 Å². The number of carbonyl (C=O) groups is 1. The number of nitrogens with zero attached hydrogens (tertiary/aromatic N) is 2. The van der Waals surface area contributed by atoms with Crippen molar-refractivity contribution in [3.8, 4) is 5.75 Å². The zero-order valence-corrected chi connectivity index (χ0v) is 13.1. The van der Waals surface area contributed by atoms with Gasteiger partial charge in [0, 0.05) is 25.1 Å². The fraction of sp³-hybridized carbons (Fsp3) is 0.412. The zero-order valence-electron chi connectivity index (χ0n) is 13.1. The van der Waals surface area contributed by atoms with Gasteiger partial charge in [0.15, 0.2) is 0 Å². The molecule has 0 unspecified atom stereocenters. The van der Waals surface area contributed by atoms with E-state index < -0.39 is 6.10 Å². The Morgan fingerprint density at radius 1 is 1.55 bits per heavy atom. The summed E-state index contributed by atoms with van der Waals surface area (Å²) in [6.07, 6.45) is 1.76. The van der Waals surface area contributed by atoms with Crippen LogP contribution in [0, 0.1) is 0 Å². The minimum absolute atomic E-state index is 0.0402. The highest BCUT2D eigenvalue weighted by molar-refractivity contribution is 5.91. The summed E-state index contributed by atoms with van der Waals surface area (Å²) < 4.78 is 5.64. The number of para-hydroxylation sites is 1. The first-order valence-electron chi connectivity index (χ1n) is 7.45. The third kappa shape index (κ3) is 3.87. The number of amides is 1. The molecule has 0 bridgehead atoms. The SMILES string of the molecule is C=CCOc1ccccc1CN(CC)C(=O)[C@H]1CC(C)=NO1. The fourth-order valence-electron chi connectivity index (χ4n) is 2.31. The van der Waals surface area contributed by atoms with E-state index in [9.17, 15) is 4.79 Å². The van der Waals surface area contributed by atoms with Gasteiger partial charge in [0.2, 0.25) is 6.10 Å². The average Bonchev–Trinajstić information content (AvgIpc) is 2.97. The van der Waals surface area contributed by atoms with Crippen molar-refractivity contribution in [2.24, 2.45) is 5.16 Å². The number of hydrogen-bond donors (Lipinski definition) is 0. The van der Waals surface area contributed by atoms with Gasteiger partial charge in [0.05, 0.1) is 5.71 Å². The Morgan fingerprint density at radius 2 is 2.32 bits per heavy atom. The Balaban J connectivity index is 2.06. The molecule has 0 aromatic heterocycles. The molecular weight excluding hydrogens is 280 g/mol. The molecule has 2 rings (SSSR count). The second-order valence-electron chi connectivity index (χ2n) is 5.18. The van der Waals surface area contributed by atoms with E-state index in [0.717, 1.165) is 17.0 Å². The van der Waals surface area contributed by atoms with Crippen molar-refractivity contribution in [3.63, 3.8) is 0 Å². The normalized spacial score (nSPS) is 16.6. The molecule has 118 valence electrons.